The summed E-state index contributed by atoms with van der Waals surface area (Å²) in [5, 5.41) is 5.60. The van der Waals surface area contributed by atoms with Gasteiger partial charge < -0.3 is 14.5 Å². The van der Waals surface area contributed by atoms with Crippen LogP contribution < -0.4 is 9.64 Å². The highest BCUT2D eigenvalue weighted by molar-refractivity contribution is 5.88. The van der Waals surface area contributed by atoms with E-state index in [1.807, 2.05) is 94.6 Å². The van der Waals surface area contributed by atoms with Crippen LogP contribution in [0.2, 0.25) is 0 Å². The van der Waals surface area contributed by atoms with Crippen LogP contribution in [-0.4, -0.2) is 63.3 Å². The summed E-state index contributed by atoms with van der Waals surface area (Å²) in [6, 6.07) is 29.8. The van der Waals surface area contributed by atoms with Crippen LogP contribution in [-0.2, 0) is 11.2 Å². The lowest BCUT2D eigenvalue weighted by Gasteiger charge is -2.24. The molecule has 5 aromatic rings. The van der Waals surface area contributed by atoms with Crippen LogP contribution in [0, 0.1) is 0 Å². The molecule has 1 saturated heterocycles. The van der Waals surface area contributed by atoms with Crippen LogP contribution in [0.5, 0.6) is 5.75 Å². The van der Waals surface area contributed by atoms with E-state index in [0.717, 1.165) is 46.9 Å². The van der Waals surface area contributed by atoms with E-state index in [1.54, 1.807) is 0 Å². The van der Waals surface area contributed by atoms with Gasteiger partial charge in [0.05, 0.1) is 17.3 Å². The fourth-order valence-electron chi connectivity index (χ4n) is 4.93. The summed E-state index contributed by atoms with van der Waals surface area (Å²) >= 11 is 0. The first-order valence-corrected chi connectivity index (χ1v) is 13.3. The molecule has 0 radical (unpaired) electrons. The molecular formula is C31H30N6O2. The predicted molar refractivity (Wildman–Crippen MR) is 151 cm³/mol. The smallest absolute Gasteiger partial charge is 0.260 e. The molecule has 0 saturated carbocycles. The summed E-state index contributed by atoms with van der Waals surface area (Å²) in [5.74, 6) is 2.31. The first kappa shape index (κ1) is 24.6. The highest BCUT2D eigenvalue weighted by atomic mass is 16.5. The zero-order valence-electron chi connectivity index (χ0n) is 21.7. The number of para-hydroxylation sites is 2. The van der Waals surface area contributed by atoms with Gasteiger partial charge in [0.15, 0.2) is 12.3 Å². The molecule has 1 aliphatic rings. The third-order valence-electron chi connectivity index (χ3n) is 6.91. The maximum Gasteiger partial charge on any atom is 0.260 e. The van der Waals surface area contributed by atoms with Gasteiger partial charge in [0, 0.05) is 32.6 Å². The molecule has 8 heteroatoms. The van der Waals surface area contributed by atoms with Gasteiger partial charge in [-0.05, 0) is 36.2 Å². The number of carbonyl (C=O) groups excluding carboxylic acids is 1. The summed E-state index contributed by atoms with van der Waals surface area (Å²) in [5.41, 5.74) is 2.89. The first-order chi connectivity index (χ1) is 19.2. The number of hydrogen-bond donors (Lipinski definition) is 0. The maximum atomic E-state index is 12.9. The lowest BCUT2D eigenvalue weighted by Crippen LogP contribution is -2.38. The van der Waals surface area contributed by atoms with E-state index < -0.39 is 0 Å². The molecule has 39 heavy (non-hydrogen) atoms. The van der Waals surface area contributed by atoms with Gasteiger partial charge in [0.1, 0.15) is 17.4 Å². The normalized spacial score (nSPS) is 13.8. The Kier molecular flexibility index (Phi) is 7.16. The van der Waals surface area contributed by atoms with Gasteiger partial charge in [-0.2, -0.15) is 5.10 Å². The van der Waals surface area contributed by atoms with E-state index in [2.05, 4.69) is 17.0 Å². The predicted octanol–water partition coefficient (Wildman–Crippen LogP) is 4.52. The zero-order valence-corrected chi connectivity index (χ0v) is 21.7. The largest absolute Gasteiger partial charge is 0.484 e. The molecule has 1 fully saturated rings. The summed E-state index contributed by atoms with van der Waals surface area (Å²) in [6.07, 6.45) is 3.31. The molecule has 3 aromatic carbocycles. The quantitative estimate of drug-likeness (QED) is 0.315. The minimum Gasteiger partial charge on any atom is -0.484 e. The molecule has 0 spiro atoms. The van der Waals surface area contributed by atoms with Gasteiger partial charge in [-0.1, -0.05) is 66.7 Å². The number of benzene rings is 3. The van der Waals surface area contributed by atoms with Crippen molar-refractivity contribution in [2.24, 2.45) is 0 Å². The standard InChI is InChI=1S/C31H30N6O2/c38-29(23-39-26-15-8-3-9-16-26)35-17-10-18-36(20-19-35)30-27-22-32-37(25-13-6-2-7-14-25)31(27)34-28(33-30)21-24-11-4-1-5-12-24/h1-9,11-16,22H,10,17-21,23H2. The van der Waals surface area contributed by atoms with Crippen molar-refractivity contribution in [1.82, 2.24) is 24.6 Å². The second-order valence-corrected chi connectivity index (χ2v) is 9.58. The summed E-state index contributed by atoms with van der Waals surface area (Å²) in [7, 11) is 0. The first-order valence-electron chi connectivity index (χ1n) is 13.3. The molecule has 1 aliphatic heterocycles. The summed E-state index contributed by atoms with van der Waals surface area (Å²) in [4.78, 5) is 27.1. The number of aromatic nitrogens is 4. The minimum absolute atomic E-state index is 0.00444. The lowest BCUT2D eigenvalue weighted by molar-refractivity contribution is -0.133. The van der Waals surface area contributed by atoms with Gasteiger partial charge in [-0.15, -0.1) is 0 Å². The number of rotatable bonds is 7. The average molecular weight is 519 g/mol. The number of nitrogens with zero attached hydrogens (tertiary/aromatic N) is 6. The Hall–Kier alpha value is -4.72. The van der Waals surface area contributed by atoms with Crippen LogP contribution in [0.4, 0.5) is 5.82 Å². The van der Waals surface area contributed by atoms with Crippen molar-refractivity contribution in [1.29, 1.82) is 0 Å². The molecule has 0 atom stereocenters. The molecule has 196 valence electrons. The van der Waals surface area contributed by atoms with E-state index >= 15 is 0 Å². The summed E-state index contributed by atoms with van der Waals surface area (Å²) in [6.45, 7) is 2.78. The number of carbonyl (C=O) groups is 1. The van der Waals surface area contributed by atoms with Gasteiger partial charge in [-0.25, -0.2) is 14.6 Å². The van der Waals surface area contributed by atoms with E-state index in [1.165, 1.54) is 0 Å². The van der Waals surface area contributed by atoms with E-state index in [0.29, 0.717) is 31.8 Å². The second kappa shape index (κ2) is 11.3. The van der Waals surface area contributed by atoms with Crippen molar-refractivity contribution in [2.75, 3.05) is 37.7 Å². The number of fused-ring (bicyclic) bond motifs is 1. The van der Waals surface area contributed by atoms with Crippen molar-refractivity contribution in [3.05, 3.63) is 109 Å². The van der Waals surface area contributed by atoms with E-state index in [-0.39, 0.29) is 12.5 Å². The van der Waals surface area contributed by atoms with Gasteiger partial charge >= 0.3 is 0 Å². The van der Waals surface area contributed by atoms with Crippen molar-refractivity contribution in [3.8, 4) is 11.4 Å². The SMILES string of the molecule is O=C(COc1ccccc1)N1CCCN(c2nc(Cc3ccccc3)nc3c2cnn3-c2ccccc2)CC1. The fourth-order valence-corrected chi connectivity index (χ4v) is 4.93. The fraction of sp³-hybridized carbons (Fsp3) is 0.226. The monoisotopic (exact) mass is 518 g/mol. The van der Waals surface area contributed by atoms with Crippen LogP contribution in [0.1, 0.15) is 17.8 Å². The molecule has 1 amide bonds. The van der Waals surface area contributed by atoms with Gasteiger partial charge in [0.25, 0.3) is 5.91 Å². The lowest BCUT2D eigenvalue weighted by atomic mass is 10.1. The topological polar surface area (TPSA) is 76.4 Å². The van der Waals surface area contributed by atoms with E-state index in [4.69, 9.17) is 19.8 Å². The van der Waals surface area contributed by atoms with Gasteiger partial charge in [-0.3, -0.25) is 4.79 Å². The molecule has 0 aliphatic carbocycles. The minimum atomic E-state index is -0.00444. The Morgan fingerprint density at radius 1 is 0.795 bits per heavy atom. The van der Waals surface area contributed by atoms with Gasteiger partial charge in [0.2, 0.25) is 0 Å². The van der Waals surface area contributed by atoms with Crippen molar-refractivity contribution < 1.29 is 9.53 Å². The third-order valence-corrected chi connectivity index (χ3v) is 6.91. The van der Waals surface area contributed by atoms with E-state index in [9.17, 15) is 4.79 Å². The molecule has 8 nitrogen and oxygen atoms in total. The van der Waals surface area contributed by atoms with Crippen LogP contribution in [0.25, 0.3) is 16.7 Å². The maximum absolute atomic E-state index is 12.9. The molecular weight excluding hydrogens is 488 g/mol. The summed E-state index contributed by atoms with van der Waals surface area (Å²) < 4.78 is 7.59. The Morgan fingerprint density at radius 3 is 2.28 bits per heavy atom. The molecule has 3 heterocycles. The van der Waals surface area contributed by atoms with Crippen LogP contribution >= 0.6 is 0 Å². The third kappa shape index (κ3) is 5.60. The molecule has 0 bridgehead atoms. The highest BCUT2D eigenvalue weighted by Gasteiger charge is 2.24. The van der Waals surface area contributed by atoms with Crippen molar-refractivity contribution in [2.45, 2.75) is 12.8 Å². The molecule has 0 N–H and O–H groups in total. The average Bonchev–Trinajstić information content (AvgIpc) is 3.25. The molecule has 2 aromatic heterocycles. The number of hydrogen-bond acceptors (Lipinski definition) is 6. The van der Waals surface area contributed by atoms with Crippen molar-refractivity contribution >= 4 is 22.8 Å². The second-order valence-electron chi connectivity index (χ2n) is 9.58. The molecule has 6 rings (SSSR count). The Labute approximate surface area is 227 Å². The zero-order chi connectivity index (χ0) is 26.4. The van der Waals surface area contributed by atoms with Crippen LogP contribution in [0.15, 0.2) is 97.2 Å². The Bertz CT molecular complexity index is 1540. The van der Waals surface area contributed by atoms with Crippen LogP contribution in [0.3, 0.4) is 0 Å². The number of anilines is 1. The molecule has 0 unspecified atom stereocenters. The Balaban J connectivity index is 1.27. The Morgan fingerprint density at radius 2 is 1.51 bits per heavy atom. The number of ether oxygens (including phenoxy) is 1. The number of amides is 1. The van der Waals surface area contributed by atoms with Crippen molar-refractivity contribution in [3.63, 3.8) is 0 Å². The highest BCUT2D eigenvalue weighted by Crippen LogP contribution is 2.27.